The molecular weight excluding hydrogens is 268 g/mol. The van der Waals surface area contributed by atoms with E-state index in [0.29, 0.717) is 11.0 Å². The maximum absolute atomic E-state index is 5.47. The Kier molecular flexibility index (Phi) is 4.86. The highest BCUT2D eigenvalue weighted by molar-refractivity contribution is 7.80. The van der Waals surface area contributed by atoms with Crippen molar-refractivity contribution < 1.29 is 4.74 Å². The molecular formula is C16H24N2OS. The first-order chi connectivity index (χ1) is 9.55. The van der Waals surface area contributed by atoms with Crippen molar-refractivity contribution in [3.63, 3.8) is 0 Å². The number of anilines is 1. The number of thiocarbonyl (C=S) groups is 1. The van der Waals surface area contributed by atoms with Crippen LogP contribution in [0.3, 0.4) is 0 Å². The van der Waals surface area contributed by atoms with Gasteiger partial charge in [-0.05, 0) is 55.2 Å². The molecule has 1 aliphatic carbocycles. The molecule has 110 valence electrons. The van der Waals surface area contributed by atoms with Crippen LogP contribution in [0.1, 0.15) is 39.5 Å². The van der Waals surface area contributed by atoms with E-state index in [2.05, 4.69) is 24.5 Å². The molecule has 3 nitrogen and oxygen atoms in total. The molecule has 1 fully saturated rings. The van der Waals surface area contributed by atoms with Crippen molar-refractivity contribution in [2.24, 2.45) is 5.92 Å². The second kappa shape index (κ2) is 6.44. The van der Waals surface area contributed by atoms with Crippen LogP contribution < -0.4 is 15.4 Å². The number of nitrogens with one attached hydrogen (secondary N) is 2. The summed E-state index contributed by atoms with van der Waals surface area (Å²) >= 11 is 5.47. The third kappa shape index (κ3) is 3.42. The highest BCUT2D eigenvalue weighted by Gasteiger charge is 2.37. The Labute approximate surface area is 127 Å². The molecule has 2 rings (SSSR count). The lowest BCUT2D eigenvalue weighted by molar-refractivity contribution is 0.283. The van der Waals surface area contributed by atoms with E-state index in [0.717, 1.165) is 11.4 Å². The maximum atomic E-state index is 5.47. The van der Waals surface area contributed by atoms with Crippen molar-refractivity contribution in [3.8, 4) is 5.75 Å². The Hall–Kier alpha value is -1.29. The molecule has 2 N–H and O–H groups in total. The van der Waals surface area contributed by atoms with Gasteiger partial charge < -0.3 is 15.4 Å². The summed E-state index contributed by atoms with van der Waals surface area (Å²) in [5, 5.41) is 7.54. The van der Waals surface area contributed by atoms with Gasteiger partial charge in [-0.1, -0.05) is 26.7 Å². The minimum Gasteiger partial charge on any atom is -0.497 e. The van der Waals surface area contributed by atoms with E-state index < -0.39 is 0 Å². The Bertz CT molecular complexity index is 450. The Morgan fingerprint density at radius 1 is 1.20 bits per heavy atom. The molecule has 0 heterocycles. The lowest BCUT2D eigenvalue weighted by atomic mass is 9.85. The molecule has 4 heteroatoms. The normalized spacial score (nSPS) is 17.0. The first-order valence-electron chi connectivity index (χ1n) is 7.29. The molecule has 1 aliphatic rings. The van der Waals surface area contributed by atoms with Crippen LogP contribution in [0, 0.1) is 5.92 Å². The SMILES string of the molecule is COc1ccc(NC(=S)NC2(C(C)C)CCCC2)cc1. The first kappa shape index (κ1) is 15.1. The van der Waals surface area contributed by atoms with E-state index in [-0.39, 0.29) is 5.54 Å². The van der Waals surface area contributed by atoms with Gasteiger partial charge in [-0.2, -0.15) is 0 Å². The number of benzene rings is 1. The summed E-state index contributed by atoms with van der Waals surface area (Å²) in [7, 11) is 1.67. The largest absolute Gasteiger partial charge is 0.497 e. The zero-order valence-electron chi connectivity index (χ0n) is 12.5. The van der Waals surface area contributed by atoms with Gasteiger partial charge in [-0.3, -0.25) is 0 Å². The van der Waals surface area contributed by atoms with Crippen molar-refractivity contribution in [2.45, 2.75) is 45.1 Å². The molecule has 0 aromatic heterocycles. The van der Waals surface area contributed by atoms with Crippen LogP contribution in [0.15, 0.2) is 24.3 Å². The minimum atomic E-state index is 0.163. The average Bonchev–Trinajstić information content (AvgIpc) is 2.89. The standard InChI is InChI=1S/C16H24N2OS/c1-12(2)16(10-4-5-11-16)18-15(20)17-13-6-8-14(19-3)9-7-13/h6-9,12H,4-5,10-11H2,1-3H3,(H2,17,18,20). The minimum absolute atomic E-state index is 0.163. The van der Waals surface area contributed by atoms with Crippen LogP contribution in [0.25, 0.3) is 0 Å². The lowest BCUT2D eigenvalue weighted by Crippen LogP contribution is -2.51. The highest BCUT2D eigenvalue weighted by atomic mass is 32.1. The van der Waals surface area contributed by atoms with Crippen molar-refractivity contribution in [2.75, 3.05) is 12.4 Å². The van der Waals surface area contributed by atoms with Crippen molar-refractivity contribution in [1.82, 2.24) is 5.32 Å². The third-order valence-electron chi connectivity index (χ3n) is 4.31. The first-order valence-corrected chi connectivity index (χ1v) is 7.70. The average molecular weight is 292 g/mol. The Balaban J connectivity index is 1.97. The molecule has 0 radical (unpaired) electrons. The molecule has 1 aromatic carbocycles. The summed E-state index contributed by atoms with van der Waals surface area (Å²) in [6, 6.07) is 7.81. The topological polar surface area (TPSA) is 33.3 Å². The molecule has 0 bridgehead atoms. The molecule has 1 aromatic rings. The number of hydrogen-bond acceptors (Lipinski definition) is 2. The van der Waals surface area contributed by atoms with Gasteiger partial charge in [0, 0.05) is 11.2 Å². The number of rotatable bonds is 4. The zero-order valence-corrected chi connectivity index (χ0v) is 13.3. The van der Waals surface area contributed by atoms with E-state index in [9.17, 15) is 0 Å². The lowest BCUT2D eigenvalue weighted by Gasteiger charge is -2.35. The molecule has 1 saturated carbocycles. The predicted octanol–water partition coefficient (Wildman–Crippen LogP) is 3.95. The Morgan fingerprint density at radius 3 is 2.30 bits per heavy atom. The summed E-state index contributed by atoms with van der Waals surface area (Å²) in [6.45, 7) is 4.54. The van der Waals surface area contributed by atoms with Crippen LogP contribution in [0.4, 0.5) is 5.69 Å². The Morgan fingerprint density at radius 2 is 1.80 bits per heavy atom. The van der Waals surface area contributed by atoms with Gasteiger partial charge in [0.2, 0.25) is 0 Å². The van der Waals surface area contributed by atoms with Crippen LogP contribution >= 0.6 is 12.2 Å². The third-order valence-corrected chi connectivity index (χ3v) is 4.52. The number of ether oxygens (including phenoxy) is 1. The second-order valence-corrected chi connectivity index (χ2v) is 6.23. The summed E-state index contributed by atoms with van der Waals surface area (Å²) < 4.78 is 5.15. The van der Waals surface area contributed by atoms with Gasteiger partial charge in [-0.15, -0.1) is 0 Å². The molecule has 0 spiro atoms. The maximum Gasteiger partial charge on any atom is 0.171 e. The van der Waals surface area contributed by atoms with Crippen molar-refractivity contribution >= 4 is 23.0 Å². The summed E-state index contributed by atoms with van der Waals surface area (Å²) in [4.78, 5) is 0. The van der Waals surface area contributed by atoms with Crippen LogP contribution in [-0.2, 0) is 0 Å². The summed E-state index contributed by atoms with van der Waals surface area (Å²) in [5.41, 5.74) is 1.15. The quantitative estimate of drug-likeness (QED) is 0.823. The smallest absolute Gasteiger partial charge is 0.171 e. The summed E-state index contributed by atoms with van der Waals surface area (Å²) in [5.74, 6) is 1.43. The fourth-order valence-electron chi connectivity index (χ4n) is 2.92. The van der Waals surface area contributed by atoms with Crippen LogP contribution in [-0.4, -0.2) is 17.8 Å². The molecule has 0 atom stereocenters. The van der Waals surface area contributed by atoms with Crippen molar-refractivity contribution in [1.29, 1.82) is 0 Å². The molecule has 0 unspecified atom stereocenters. The zero-order chi connectivity index (χ0) is 14.6. The number of methoxy groups -OCH3 is 1. The predicted molar refractivity (Wildman–Crippen MR) is 88.4 cm³/mol. The molecule has 0 amide bonds. The molecule has 0 aliphatic heterocycles. The van der Waals surface area contributed by atoms with Gasteiger partial charge >= 0.3 is 0 Å². The van der Waals surface area contributed by atoms with E-state index >= 15 is 0 Å². The van der Waals surface area contributed by atoms with Gasteiger partial charge in [0.15, 0.2) is 5.11 Å². The van der Waals surface area contributed by atoms with Gasteiger partial charge in [0.1, 0.15) is 5.75 Å². The molecule has 20 heavy (non-hydrogen) atoms. The van der Waals surface area contributed by atoms with Crippen LogP contribution in [0.5, 0.6) is 5.75 Å². The van der Waals surface area contributed by atoms with E-state index in [4.69, 9.17) is 17.0 Å². The van der Waals surface area contributed by atoms with Gasteiger partial charge in [0.05, 0.1) is 7.11 Å². The number of hydrogen-bond donors (Lipinski definition) is 2. The van der Waals surface area contributed by atoms with Crippen molar-refractivity contribution in [3.05, 3.63) is 24.3 Å². The second-order valence-electron chi connectivity index (χ2n) is 5.83. The fraction of sp³-hybridized carbons (Fsp3) is 0.562. The fourth-order valence-corrected chi connectivity index (χ4v) is 3.24. The van der Waals surface area contributed by atoms with E-state index in [1.165, 1.54) is 25.7 Å². The van der Waals surface area contributed by atoms with Gasteiger partial charge in [-0.25, -0.2) is 0 Å². The van der Waals surface area contributed by atoms with Gasteiger partial charge in [0.25, 0.3) is 0 Å². The highest BCUT2D eigenvalue weighted by Crippen LogP contribution is 2.35. The van der Waals surface area contributed by atoms with E-state index in [1.807, 2.05) is 24.3 Å². The van der Waals surface area contributed by atoms with Crippen LogP contribution in [0.2, 0.25) is 0 Å². The monoisotopic (exact) mass is 292 g/mol. The molecule has 0 saturated heterocycles. The summed E-state index contributed by atoms with van der Waals surface area (Å²) in [6.07, 6.45) is 4.98. The van der Waals surface area contributed by atoms with E-state index in [1.54, 1.807) is 7.11 Å².